The van der Waals surface area contributed by atoms with Gasteiger partial charge >= 0.3 is 0 Å². The van der Waals surface area contributed by atoms with Crippen molar-refractivity contribution in [3.05, 3.63) is 53.7 Å². The van der Waals surface area contributed by atoms with Crippen molar-refractivity contribution in [2.75, 3.05) is 13.1 Å². The molecule has 1 atom stereocenters. The molecule has 0 spiro atoms. The molecule has 1 aliphatic rings. The molecule has 1 aromatic carbocycles. The minimum Gasteiger partial charge on any atom is -0.471 e. The van der Waals surface area contributed by atoms with Crippen molar-refractivity contribution in [2.24, 2.45) is 0 Å². The molecule has 2 heterocycles. The van der Waals surface area contributed by atoms with Gasteiger partial charge in [0, 0.05) is 30.8 Å². The Hall–Kier alpha value is -2.43. The van der Waals surface area contributed by atoms with Crippen molar-refractivity contribution in [1.29, 1.82) is 0 Å². The molecule has 1 saturated heterocycles. The number of likely N-dealkylation sites (tertiary alicyclic amines) is 1. The van der Waals surface area contributed by atoms with Crippen molar-refractivity contribution in [3.63, 3.8) is 0 Å². The summed E-state index contributed by atoms with van der Waals surface area (Å²) in [6.07, 6.45) is 2.40. The highest BCUT2D eigenvalue weighted by Gasteiger charge is 2.28. The molecule has 0 aliphatic carbocycles. The van der Waals surface area contributed by atoms with Gasteiger partial charge in [-0.25, -0.2) is 0 Å². The minimum atomic E-state index is -0.0175. The van der Waals surface area contributed by atoms with E-state index in [9.17, 15) is 4.79 Å². The fourth-order valence-corrected chi connectivity index (χ4v) is 2.41. The number of ether oxygens (including phenoxy) is 1. The first-order valence-corrected chi connectivity index (χ1v) is 7.03. The molecular formula is C16H17N3O2. The summed E-state index contributed by atoms with van der Waals surface area (Å²) in [6.45, 7) is 3.30. The third-order valence-corrected chi connectivity index (χ3v) is 3.57. The molecule has 1 amide bonds. The molecule has 3 rings (SSSR count). The van der Waals surface area contributed by atoms with E-state index in [1.54, 1.807) is 18.3 Å². The monoisotopic (exact) mass is 283 g/mol. The molecule has 1 aromatic heterocycles. The summed E-state index contributed by atoms with van der Waals surface area (Å²) in [6, 6.07) is 11.2. The van der Waals surface area contributed by atoms with E-state index in [4.69, 9.17) is 4.74 Å². The van der Waals surface area contributed by atoms with Gasteiger partial charge in [-0.15, -0.1) is 5.10 Å². The molecule has 5 heteroatoms. The van der Waals surface area contributed by atoms with E-state index < -0.39 is 0 Å². The van der Waals surface area contributed by atoms with E-state index in [1.165, 1.54) is 0 Å². The van der Waals surface area contributed by atoms with Gasteiger partial charge in [-0.1, -0.05) is 17.7 Å². The van der Waals surface area contributed by atoms with Crippen LogP contribution in [0.4, 0.5) is 0 Å². The van der Waals surface area contributed by atoms with E-state index in [-0.39, 0.29) is 12.0 Å². The van der Waals surface area contributed by atoms with Crippen LogP contribution < -0.4 is 4.74 Å². The molecule has 1 fully saturated rings. The summed E-state index contributed by atoms with van der Waals surface area (Å²) in [5.41, 5.74) is 1.87. The van der Waals surface area contributed by atoms with Crippen LogP contribution in [0.15, 0.2) is 42.6 Å². The van der Waals surface area contributed by atoms with Gasteiger partial charge in [-0.05, 0) is 25.1 Å². The Morgan fingerprint density at radius 1 is 1.29 bits per heavy atom. The second-order valence-corrected chi connectivity index (χ2v) is 5.21. The van der Waals surface area contributed by atoms with Gasteiger partial charge in [0.15, 0.2) is 0 Å². The van der Waals surface area contributed by atoms with Crippen LogP contribution in [0.3, 0.4) is 0 Å². The highest BCUT2D eigenvalue weighted by atomic mass is 16.5. The average molecular weight is 283 g/mol. The molecule has 108 valence electrons. The lowest BCUT2D eigenvalue weighted by Crippen LogP contribution is -2.31. The number of aromatic nitrogens is 2. The third-order valence-electron chi connectivity index (χ3n) is 3.57. The van der Waals surface area contributed by atoms with Gasteiger partial charge in [0.05, 0.1) is 6.54 Å². The first kappa shape index (κ1) is 13.5. The average Bonchev–Trinajstić information content (AvgIpc) is 2.97. The van der Waals surface area contributed by atoms with Gasteiger partial charge in [0.2, 0.25) is 5.88 Å². The molecular weight excluding hydrogens is 266 g/mol. The number of hydrogen-bond acceptors (Lipinski definition) is 4. The number of benzene rings is 1. The van der Waals surface area contributed by atoms with Crippen LogP contribution in [0.5, 0.6) is 5.88 Å². The van der Waals surface area contributed by atoms with Crippen molar-refractivity contribution in [1.82, 2.24) is 15.1 Å². The first-order chi connectivity index (χ1) is 10.2. The van der Waals surface area contributed by atoms with Gasteiger partial charge in [0.1, 0.15) is 6.10 Å². The lowest BCUT2D eigenvalue weighted by atomic mass is 10.1. The van der Waals surface area contributed by atoms with E-state index in [2.05, 4.69) is 10.2 Å². The van der Waals surface area contributed by atoms with Gasteiger partial charge in [0.25, 0.3) is 5.91 Å². The molecule has 0 saturated carbocycles. The SMILES string of the molecule is Cc1ccc(C(=O)N2CCC(Oc3cccnn3)C2)cc1. The fraction of sp³-hybridized carbons (Fsp3) is 0.312. The van der Waals surface area contributed by atoms with Gasteiger partial charge in [-0.3, -0.25) is 4.79 Å². The lowest BCUT2D eigenvalue weighted by molar-refractivity contribution is 0.0771. The number of hydrogen-bond donors (Lipinski definition) is 0. The highest BCUT2D eigenvalue weighted by Crippen LogP contribution is 2.18. The molecule has 0 bridgehead atoms. The first-order valence-electron chi connectivity index (χ1n) is 7.03. The second kappa shape index (κ2) is 5.91. The Kier molecular flexibility index (Phi) is 3.81. The van der Waals surface area contributed by atoms with E-state index in [0.717, 1.165) is 17.5 Å². The third kappa shape index (κ3) is 3.18. The summed E-state index contributed by atoms with van der Waals surface area (Å²) in [5, 5.41) is 7.69. The Morgan fingerprint density at radius 2 is 2.10 bits per heavy atom. The molecule has 5 nitrogen and oxygen atoms in total. The molecule has 1 unspecified atom stereocenters. The summed E-state index contributed by atoms with van der Waals surface area (Å²) in [5.74, 6) is 0.562. The zero-order valence-corrected chi connectivity index (χ0v) is 11.9. The van der Waals surface area contributed by atoms with Crippen molar-refractivity contribution < 1.29 is 9.53 Å². The fourth-order valence-electron chi connectivity index (χ4n) is 2.41. The predicted octanol–water partition coefficient (Wildman–Crippen LogP) is 2.08. The van der Waals surface area contributed by atoms with Crippen LogP contribution in [0, 0.1) is 6.92 Å². The van der Waals surface area contributed by atoms with Crippen molar-refractivity contribution in [2.45, 2.75) is 19.4 Å². The van der Waals surface area contributed by atoms with Crippen LogP contribution in [0.2, 0.25) is 0 Å². The molecule has 21 heavy (non-hydrogen) atoms. The minimum absolute atomic E-state index is 0.0175. The summed E-state index contributed by atoms with van der Waals surface area (Å²) < 4.78 is 5.74. The van der Waals surface area contributed by atoms with Crippen LogP contribution in [0.1, 0.15) is 22.3 Å². The second-order valence-electron chi connectivity index (χ2n) is 5.21. The van der Waals surface area contributed by atoms with E-state index in [0.29, 0.717) is 19.0 Å². The molecule has 2 aromatic rings. The van der Waals surface area contributed by atoms with Gasteiger partial charge < -0.3 is 9.64 Å². The highest BCUT2D eigenvalue weighted by molar-refractivity contribution is 5.94. The molecule has 0 N–H and O–H groups in total. The maximum atomic E-state index is 12.4. The summed E-state index contributed by atoms with van der Waals surface area (Å²) in [4.78, 5) is 14.2. The zero-order valence-electron chi connectivity index (χ0n) is 11.9. The maximum absolute atomic E-state index is 12.4. The van der Waals surface area contributed by atoms with Crippen LogP contribution in [-0.4, -0.2) is 40.2 Å². The number of carbonyl (C=O) groups is 1. The van der Waals surface area contributed by atoms with Crippen molar-refractivity contribution in [3.8, 4) is 5.88 Å². The normalized spacial score (nSPS) is 17.8. The summed E-state index contributed by atoms with van der Waals surface area (Å²) in [7, 11) is 0. The van der Waals surface area contributed by atoms with E-state index >= 15 is 0 Å². The quantitative estimate of drug-likeness (QED) is 0.865. The van der Waals surface area contributed by atoms with E-state index in [1.807, 2.05) is 36.1 Å². The molecule has 0 radical (unpaired) electrons. The number of aryl methyl sites for hydroxylation is 1. The van der Waals surface area contributed by atoms with Crippen molar-refractivity contribution >= 4 is 5.91 Å². The standard InChI is InChI=1S/C16H17N3O2/c1-12-4-6-13(7-5-12)16(20)19-10-8-14(11-19)21-15-3-2-9-17-18-15/h2-7,9,14H,8,10-11H2,1H3. The lowest BCUT2D eigenvalue weighted by Gasteiger charge is -2.17. The number of rotatable bonds is 3. The topological polar surface area (TPSA) is 55.3 Å². The van der Waals surface area contributed by atoms with Crippen LogP contribution in [-0.2, 0) is 0 Å². The smallest absolute Gasteiger partial charge is 0.253 e. The number of nitrogens with zero attached hydrogens (tertiary/aromatic N) is 3. The molecule has 1 aliphatic heterocycles. The maximum Gasteiger partial charge on any atom is 0.253 e. The Balaban J connectivity index is 1.61. The zero-order chi connectivity index (χ0) is 14.7. The van der Waals surface area contributed by atoms with Crippen LogP contribution in [0.25, 0.3) is 0 Å². The van der Waals surface area contributed by atoms with Crippen LogP contribution >= 0.6 is 0 Å². The summed E-state index contributed by atoms with van der Waals surface area (Å²) >= 11 is 0. The number of carbonyl (C=O) groups excluding carboxylic acids is 1. The Labute approximate surface area is 123 Å². The predicted molar refractivity (Wildman–Crippen MR) is 78.1 cm³/mol. The Bertz CT molecular complexity index is 613. The van der Waals surface area contributed by atoms with Gasteiger partial charge in [-0.2, -0.15) is 5.10 Å². The largest absolute Gasteiger partial charge is 0.471 e. The Morgan fingerprint density at radius 3 is 2.81 bits per heavy atom. The number of amides is 1.